The summed E-state index contributed by atoms with van der Waals surface area (Å²) in [6.07, 6.45) is 3.49. The van der Waals surface area contributed by atoms with Crippen LogP contribution in [0.2, 0.25) is 0 Å². The van der Waals surface area contributed by atoms with E-state index in [2.05, 4.69) is 23.3 Å². The largest absolute Gasteiger partial charge is 0.444 e. The summed E-state index contributed by atoms with van der Waals surface area (Å²) in [5, 5.41) is 3.49. The minimum Gasteiger partial charge on any atom is -0.444 e. The number of ether oxygens (including phenoxy) is 1. The standard InChI is InChI=1S/C17H27N3O2/c1-12-10-13(2)15(18-11-12)19-14-6-8-20(9-7-14)16(21)22-17(3,4)5/h10-11,14H,6-9H2,1-5H3,(H,18,19). The van der Waals surface area contributed by atoms with Gasteiger partial charge in [-0.3, -0.25) is 0 Å². The number of hydrogen-bond acceptors (Lipinski definition) is 4. The van der Waals surface area contributed by atoms with E-state index in [1.54, 1.807) is 4.90 Å². The minimum atomic E-state index is -0.435. The molecular formula is C17H27N3O2. The van der Waals surface area contributed by atoms with E-state index in [0.29, 0.717) is 6.04 Å². The van der Waals surface area contributed by atoms with Gasteiger partial charge in [-0.1, -0.05) is 6.07 Å². The van der Waals surface area contributed by atoms with Gasteiger partial charge in [-0.15, -0.1) is 0 Å². The second-order valence-electron chi connectivity index (χ2n) is 7.06. The van der Waals surface area contributed by atoms with E-state index >= 15 is 0 Å². The van der Waals surface area contributed by atoms with Gasteiger partial charge in [0, 0.05) is 25.3 Å². The zero-order valence-corrected chi connectivity index (χ0v) is 14.3. The summed E-state index contributed by atoms with van der Waals surface area (Å²) >= 11 is 0. The van der Waals surface area contributed by atoms with Crippen LogP contribution in [0, 0.1) is 13.8 Å². The van der Waals surface area contributed by atoms with Crippen molar-refractivity contribution in [3.8, 4) is 0 Å². The molecular weight excluding hydrogens is 278 g/mol. The third-order valence-corrected chi connectivity index (χ3v) is 3.70. The number of piperidine rings is 1. The van der Waals surface area contributed by atoms with Gasteiger partial charge in [-0.2, -0.15) is 0 Å². The average Bonchev–Trinajstić information content (AvgIpc) is 2.41. The van der Waals surface area contributed by atoms with Gasteiger partial charge in [0.05, 0.1) is 0 Å². The molecule has 1 aromatic heterocycles. The fourth-order valence-electron chi connectivity index (χ4n) is 2.59. The Morgan fingerprint density at radius 1 is 1.32 bits per heavy atom. The summed E-state index contributed by atoms with van der Waals surface area (Å²) in [5.74, 6) is 0.946. The van der Waals surface area contributed by atoms with Crippen LogP contribution < -0.4 is 5.32 Å². The first-order valence-electron chi connectivity index (χ1n) is 7.92. The molecule has 1 aromatic rings. The molecule has 0 unspecified atom stereocenters. The number of amides is 1. The lowest BCUT2D eigenvalue weighted by Crippen LogP contribution is -2.44. The van der Waals surface area contributed by atoms with E-state index in [1.165, 1.54) is 5.56 Å². The fourth-order valence-corrected chi connectivity index (χ4v) is 2.59. The van der Waals surface area contributed by atoms with Gasteiger partial charge in [0.15, 0.2) is 0 Å². The van der Waals surface area contributed by atoms with Crippen LogP contribution >= 0.6 is 0 Å². The van der Waals surface area contributed by atoms with Gasteiger partial charge < -0.3 is 15.0 Å². The van der Waals surface area contributed by atoms with Crippen LogP contribution in [0.4, 0.5) is 10.6 Å². The highest BCUT2D eigenvalue weighted by atomic mass is 16.6. The molecule has 0 bridgehead atoms. The molecule has 5 heteroatoms. The van der Waals surface area contributed by atoms with Crippen LogP contribution in [0.3, 0.4) is 0 Å². The van der Waals surface area contributed by atoms with Crippen LogP contribution in [-0.2, 0) is 4.74 Å². The van der Waals surface area contributed by atoms with Crippen molar-refractivity contribution in [2.24, 2.45) is 0 Å². The van der Waals surface area contributed by atoms with Crippen molar-refractivity contribution >= 4 is 11.9 Å². The number of carbonyl (C=O) groups excluding carboxylic acids is 1. The van der Waals surface area contributed by atoms with Crippen LogP contribution in [0.5, 0.6) is 0 Å². The van der Waals surface area contributed by atoms with Gasteiger partial charge in [0.2, 0.25) is 0 Å². The van der Waals surface area contributed by atoms with Crippen molar-refractivity contribution in [3.05, 3.63) is 23.4 Å². The van der Waals surface area contributed by atoms with E-state index in [1.807, 2.05) is 33.9 Å². The molecule has 1 amide bonds. The number of nitrogens with zero attached hydrogens (tertiary/aromatic N) is 2. The molecule has 0 aliphatic carbocycles. The van der Waals surface area contributed by atoms with Crippen LogP contribution in [0.25, 0.3) is 0 Å². The number of likely N-dealkylation sites (tertiary alicyclic amines) is 1. The van der Waals surface area contributed by atoms with E-state index in [9.17, 15) is 4.79 Å². The summed E-state index contributed by atoms with van der Waals surface area (Å²) in [4.78, 5) is 18.3. The van der Waals surface area contributed by atoms with Gasteiger partial charge >= 0.3 is 6.09 Å². The maximum Gasteiger partial charge on any atom is 0.410 e. The number of hydrogen-bond donors (Lipinski definition) is 1. The summed E-state index contributed by atoms with van der Waals surface area (Å²) in [7, 11) is 0. The highest BCUT2D eigenvalue weighted by molar-refractivity contribution is 5.68. The predicted octanol–water partition coefficient (Wildman–Crippen LogP) is 3.51. The maximum atomic E-state index is 12.0. The maximum absolute atomic E-state index is 12.0. The van der Waals surface area contributed by atoms with Crippen molar-refractivity contribution in [1.29, 1.82) is 0 Å². The van der Waals surface area contributed by atoms with Gasteiger partial charge in [0.25, 0.3) is 0 Å². The second-order valence-corrected chi connectivity index (χ2v) is 7.06. The van der Waals surface area contributed by atoms with Crippen molar-refractivity contribution in [2.75, 3.05) is 18.4 Å². The first-order chi connectivity index (χ1) is 10.2. The Hall–Kier alpha value is -1.78. The Kier molecular flexibility index (Phi) is 4.94. The SMILES string of the molecule is Cc1cnc(NC2CCN(C(=O)OC(C)(C)C)CC2)c(C)c1. The van der Waals surface area contributed by atoms with Crippen LogP contribution in [-0.4, -0.2) is 40.7 Å². The minimum absolute atomic E-state index is 0.212. The Bertz CT molecular complexity index is 529. The lowest BCUT2D eigenvalue weighted by Gasteiger charge is -2.34. The number of pyridine rings is 1. The van der Waals surface area contributed by atoms with Gasteiger partial charge in [-0.25, -0.2) is 9.78 Å². The Balaban J connectivity index is 1.86. The molecule has 0 atom stereocenters. The van der Waals surface area contributed by atoms with Crippen molar-refractivity contribution in [2.45, 2.75) is 59.1 Å². The van der Waals surface area contributed by atoms with Gasteiger partial charge in [0.1, 0.15) is 11.4 Å². The van der Waals surface area contributed by atoms with Crippen molar-refractivity contribution in [3.63, 3.8) is 0 Å². The highest BCUT2D eigenvalue weighted by Crippen LogP contribution is 2.20. The molecule has 1 N–H and O–H groups in total. The van der Waals surface area contributed by atoms with E-state index in [4.69, 9.17) is 4.74 Å². The van der Waals surface area contributed by atoms with Crippen LogP contribution in [0.15, 0.2) is 12.3 Å². The van der Waals surface area contributed by atoms with Crippen LogP contribution in [0.1, 0.15) is 44.7 Å². The Labute approximate surface area is 133 Å². The first kappa shape index (κ1) is 16.6. The molecule has 2 heterocycles. The smallest absolute Gasteiger partial charge is 0.410 e. The topological polar surface area (TPSA) is 54.5 Å². The average molecular weight is 305 g/mol. The molecule has 122 valence electrons. The summed E-state index contributed by atoms with van der Waals surface area (Å²) < 4.78 is 5.42. The third kappa shape index (κ3) is 4.61. The number of aryl methyl sites for hydroxylation is 2. The number of anilines is 1. The molecule has 2 rings (SSSR count). The molecule has 1 saturated heterocycles. The number of carbonyl (C=O) groups is 1. The molecule has 1 aliphatic rings. The van der Waals surface area contributed by atoms with Gasteiger partial charge in [-0.05, 0) is 58.6 Å². The van der Waals surface area contributed by atoms with Crippen molar-refractivity contribution < 1.29 is 9.53 Å². The Morgan fingerprint density at radius 3 is 2.50 bits per heavy atom. The second kappa shape index (κ2) is 6.55. The molecule has 0 saturated carbocycles. The molecule has 5 nitrogen and oxygen atoms in total. The third-order valence-electron chi connectivity index (χ3n) is 3.70. The zero-order valence-electron chi connectivity index (χ0n) is 14.3. The van der Waals surface area contributed by atoms with E-state index in [0.717, 1.165) is 37.3 Å². The molecule has 1 fully saturated rings. The number of aromatic nitrogens is 1. The van der Waals surface area contributed by atoms with E-state index in [-0.39, 0.29) is 6.09 Å². The fraction of sp³-hybridized carbons (Fsp3) is 0.647. The summed E-state index contributed by atoms with van der Waals surface area (Å²) in [6.45, 7) is 11.2. The monoisotopic (exact) mass is 305 g/mol. The molecule has 1 aliphatic heterocycles. The molecule has 0 aromatic carbocycles. The Morgan fingerprint density at radius 2 is 1.95 bits per heavy atom. The number of rotatable bonds is 2. The quantitative estimate of drug-likeness (QED) is 0.908. The normalized spacial score (nSPS) is 16.5. The number of nitrogens with one attached hydrogen (secondary N) is 1. The molecule has 0 spiro atoms. The first-order valence-corrected chi connectivity index (χ1v) is 7.92. The zero-order chi connectivity index (χ0) is 16.3. The lowest BCUT2D eigenvalue weighted by atomic mass is 10.0. The van der Waals surface area contributed by atoms with Crippen molar-refractivity contribution in [1.82, 2.24) is 9.88 Å². The summed E-state index contributed by atoms with van der Waals surface area (Å²) in [5.41, 5.74) is 1.90. The highest BCUT2D eigenvalue weighted by Gasteiger charge is 2.27. The summed E-state index contributed by atoms with van der Waals surface area (Å²) in [6, 6.07) is 2.48. The predicted molar refractivity (Wildman–Crippen MR) is 88.2 cm³/mol. The molecule has 0 radical (unpaired) electrons. The van der Waals surface area contributed by atoms with E-state index < -0.39 is 5.60 Å². The lowest BCUT2D eigenvalue weighted by molar-refractivity contribution is 0.0210. The molecule has 22 heavy (non-hydrogen) atoms.